The van der Waals surface area contributed by atoms with Crippen LogP contribution in [0.5, 0.6) is 0 Å². The molecule has 1 saturated carbocycles. The summed E-state index contributed by atoms with van der Waals surface area (Å²) < 4.78 is 5.20. The number of fused-ring (bicyclic) bond motifs is 2. The molecule has 2 bridgehead atoms. The van der Waals surface area contributed by atoms with Gasteiger partial charge in [-0.05, 0) is 48.3 Å². The minimum atomic E-state index is -0.569. The highest BCUT2D eigenvalue weighted by Crippen LogP contribution is 2.52. The van der Waals surface area contributed by atoms with Crippen LogP contribution in [0, 0.1) is 10.8 Å². The van der Waals surface area contributed by atoms with Crippen LogP contribution in [-0.4, -0.2) is 36.0 Å². The molecule has 0 radical (unpaired) electrons. The molecule has 1 saturated heterocycles. The predicted octanol–water partition coefficient (Wildman–Crippen LogP) is 4.58. The van der Waals surface area contributed by atoms with E-state index < -0.39 is 5.97 Å². The molecule has 1 aromatic carbocycles. The Morgan fingerprint density at radius 2 is 1.92 bits per heavy atom. The number of carbonyl (C=O) groups excluding carboxylic acids is 2. The van der Waals surface area contributed by atoms with E-state index >= 15 is 0 Å². The number of hydrogen-bond acceptors (Lipinski definition) is 3. The van der Waals surface area contributed by atoms with Gasteiger partial charge in [0.25, 0.3) is 5.91 Å². The van der Waals surface area contributed by atoms with Gasteiger partial charge in [-0.2, -0.15) is 0 Å². The maximum absolute atomic E-state index is 12.6. The molecule has 2 atom stereocenters. The van der Waals surface area contributed by atoms with Crippen molar-refractivity contribution in [2.45, 2.75) is 46.1 Å². The topological polar surface area (TPSA) is 46.6 Å². The highest BCUT2D eigenvalue weighted by Gasteiger charge is 2.50. The van der Waals surface area contributed by atoms with Crippen LogP contribution >= 0.6 is 23.2 Å². The molecular weight excluding hydrogens is 361 g/mol. The lowest BCUT2D eigenvalue weighted by Gasteiger charge is -2.39. The third-order valence-electron chi connectivity index (χ3n) is 5.22. The Morgan fingerprint density at radius 1 is 1.20 bits per heavy atom. The van der Waals surface area contributed by atoms with Gasteiger partial charge < -0.3 is 9.64 Å². The number of ether oxygens (including phenoxy) is 1. The predicted molar refractivity (Wildman–Crippen MR) is 98.0 cm³/mol. The van der Waals surface area contributed by atoms with Crippen molar-refractivity contribution in [3.8, 4) is 0 Å². The van der Waals surface area contributed by atoms with Crippen molar-refractivity contribution in [3.63, 3.8) is 0 Å². The van der Waals surface area contributed by atoms with Crippen LogP contribution in [0.15, 0.2) is 18.2 Å². The van der Waals surface area contributed by atoms with Gasteiger partial charge >= 0.3 is 5.97 Å². The summed E-state index contributed by atoms with van der Waals surface area (Å²) in [4.78, 5) is 26.6. The number of nitrogens with zero attached hydrogens (tertiary/aromatic N) is 1. The van der Waals surface area contributed by atoms with E-state index in [1.54, 1.807) is 0 Å². The number of halogens is 2. The van der Waals surface area contributed by atoms with E-state index in [1.807, 2.05) is 4.90 Å². The second-order valence-electron chi connectivity index (χ2n) is 8.44. The van der Waals surface area contributed by atoms with Crippen molar-refractivity contribution >= 4 is 35.1 Å². The van der Waals surface area contributed by atoms with Gasteiger partial charge in [-0.25, -0.2) is 4.79 Å². The SMILES string of the molecule is CC1(C)C[C@@H]2C[C@@](C)(CN2C(=O)COC(=O)c2ccc(Cl)c(Cl)c2)C1. The lowest BCUT2D eigenvalue weighted by molar-refractivity contribution is -0.135. The molecule has 2 fully saturated rings. The van der Waals surface area contributed by atoms with Gasteiger partial charge in [-0.1, -0.05) is 44.0 Å². The summed E-state index contributed by atoms with van der Waals surface area (Å²) in [5.41, 5.74) is 0.689. The van der Waals surface area contributed by atoms with E-state index in [1.165, 1.54) is 18.2 Å². The quantitative estimate of drug-likeness (QED) is 0.717. The largest absolute Gasteiger partial charge is 0.452 e. The first-order valence-electron chi connectivity index (χ1n) is 8.50. The Kier molecular flexibility index (Phi) is 4.80. The van der Waals surface area contributed by atoms with Crippen LogP contribution in [-0.2, 0) is 9.53 Å². The Bertz CT molecular complexity index is 719. The fraction of sp³-hybridized carbons (Fsp3) is 0.579. The molecule has 1 amide bonds. The van der Waals surface area contributed by atoms with Gasteiger partial charge in [0.15, 0.2) is 6.61 Å². The third kappa shape index (κ3) is 3.95. The molecule has 2 aliphatic rings. The van der Waals surface area contributed by atoms with E-state index in [0.29, 0.717) is 5.02 Å². The van der Waals surface area contributed by atoms with Crippen LogP contribution in [0.2, 0.25) is 10.0 Å². The van der Waals surface area contributed by atoms with Gasteiger partial charge in [-0.15, -0.1) is 0 Å². The van der Waals surface area contributed by atoms with Crippen molar-refractivity contribution in [3.05, 3.63) is 33.8 Å². The molecule has 0 unspecified atom stereocenters. The lowest BCUT2D eigenvalue weighted by atomic mass is 9.65. The molecule has 0 N–H and O–H groups in total. The molecular formula is C19H23Cl2NO3. The average Bonchev–Trinajstić information content (AvgIpc) is 2.76. The number of carbonyl (C=O) groups is 2. The summed E-state index contributed by atoms with van der Waals surface area (Å²) in [6.07, 6.45) is 3.14. The van der Waals surface area contributed by atoms with Crippen molar-refractivity contribution in [1.82, 2.24) is 4.90 Å². The average molecular weight is 384 g/mol. The van der Waals surface area contributed by atoms with Crippen LogP contribution in [0.25, 0.3) is 0 Å². The number of amides is 1. The lowest BCUT2D eigenvalue weighted by Crippen LogP contribution is -2.39. The van der Waals surface area contributed by atoms with Crippen LogP contribution in [0.3, 0.4) is 0 Å². The number of esters is 1. The Labute approximate surface area is 158 Å². The summed E-state index contributed by atoms with van der Waals surface area (Å²) in [6.45, 7) is 7.26. The van der Waals surface area contributed by atoms with E-state index in [9.17, 15) is 9.59 Å². The highest BCUT2D eigenvalue weighted by atomic mass is 35.5. The minimum Gasteiger partial charge on any atom is -0.452 e. The summed E-state index contributed by atoms with van der Waals surface area (Å²) in [5, 5.41) is 0.653. The zero-order chi connectivity index (χ0) is 18.4. The van der Waals surface area contributed by atoms with Gasteiger partial charge in [-0.3, -0.25) is 4.79 Å². The number of likely N-dealkylation sites (tertiary alicyclic amines) is 1. The van der Waals surface area contributed by atoms with Gasteiger partial charge in [0.2, 0.25) is 0 Å². The first-order valence-corrected chi connectivity index (χ1v) is 9.26. The van der Waals surface area contributed by atoms with Crippen LogP contribution in [0.1, 0.15) is 50.4 Å². The second-order valence-corrected chi connectivity index (χ2v) is 9.25. The fourth-order valence-electron chi connectivity index (χ4n) is 4.67. The summed E-state index contributed by atoms with van der Waals surface area (Å²) in [6, 6.07) is 4.76. The first kappa shape index (κ1) is 18.5. The van der Waals surface area contributed by atoms with Crippen molar-refractivity contribution < 1.29 is 14.3 Å². The third-order valence-corrected chi connectivity index (χ3v) is 5.96. The molecule has 1 aliphatic carbocycles. The highest BCUT2D eigenvalue weighted by molar-refractivity contribution is 6.42. The van der Waals surface area contributed by atoms with Crippen LogP contribution < -0.4 is 0 Å². The maximum atomic E-state index is 12.6. The summed E-state index contributed by atoms with van der Waals surface area (Å²) in [5.74, 6) is -0.694. The van der Waals surface area contributed by atoms with E-state index in [2.05, 4.69) is 20.8 Å². The monoisotopic (exact) mass is 383 g/mol. The first-order chi connectivity index (χ1) is 11.6. The zero-order valence-corrected chi connectivity index (χ0v) is 16.3. The molecule has 136 valence electrons. The van der Waals surface area contributed by atoms with E-state index in [-0.39, 0.29) is 40.0 Å². The molecule has 1 heterocycles. The molecule has 3 rings (SSSR count). The second kappa shape index (κ2) is 6.48. The summed E-state index contributed by atoms with van der Waals surface area (Å²) >= 11 is 11.8. The summed E-state index contributed by atoms with van der Waals surface area (Å²) in [7, 11) is 0. The normalized spacial score (nSPS) is 27.2. The molecule has 4 nitrogen and oxygen atoms in total. The molecule has 25 heavy (non-hydrogen) atoms. The van der Waals surface area contributed by atoms with Crippen molar-refractivity contribution in [2.75, 3.05) is 13.2 Å². The van der Waals surface area contributed by atoms with E-state index in [0.717, 1.165) is 25.8 Å². The van der Waals surface area contributed by atoms with Crippen LogP contribution in [0.4, 0.5) is 0 Å². The number of hydrogen-bond donors (Lipinski definition) is 0. The Balaban J connectivity index is 1.61. The van der Waals surface area contributed by atoms with Gasteiger partial charge in [0.1, 0.15) is 0 Å². The van der Waals surface area contributed by atoms with Gasteiger partial charge in [0, 0.05) is 12.6 Å². The molecule has 1 aromatic rings. The standard InChI is InChI=1S/C19H23Cl2NO3/c1-18(2)7-13-8-19(3,10-18)11-22(13)16(23)9-25-17(24)12-4-5-14(20)15(21)6-12/h4-6,13H,7-11H2,1-3H3/t13-,19-/m1/s1. The van der Waals surface area contributed by atoms with Crippen molar-refractivity contribution in [2.24, 2.45) is 10.8 Å². The number of rotatable bonds is 3. The maximum Gasteiger partial charge on any atom is 0.338 e. The molecule has 6 heteroatoms. The van der Waals surface area contributed by atoms with Gasteiger partial charge in [0.05, 0.1) is 15.6 Å². The zero-order valence-electron chi connectivity index (χ0n) is 14.8. The molecule has 0 aromatic heterocycles. The smallest absolute Gasteiger partial charge is 0.338 e. The Morgan fingerprint density at radius 3 is 2.60 bits per heavy atom. The van der Waals surface area contributed by atoms with E-state index in [4.69, 9.17) is 27.9 Å². The fourth-order valence-corrected chi connectivity index (χ4v) is 4.97. The minimum absolute atomic E-state index is 0.125. The number of benzene rings is 1. The Hall–Kier alpha value is -1.26. The molecule has 1 aliphatic heterocycles. The molecule has 0 spiro atoms. The van der Waals surface area contributed by atoms with Crippen molar-refractivity contribution in [1.29, 1.82) is 0 Å².